The molecule has 0 aliphatic carbocycles. The molecule has 0 bridgehead atoms. The summed E-state index contributed by atoms with van der Waals surface area (Å²) in [5, 5.41) is 0. The summed E-state index contributed by atoms with van der Waals surface area (Å²) in [5.41, 5.74) is 0.885. The van der Waals surface area contributed by atoms with E-state index in [1.165, 1.54) is 12.1 Å². The predicted octanol–water partition coefficient (Wildman–Crippen LogP) is 1.96. The van der Waals surface area contributed by atoms with Crippen molar-refractivity contribution in [2.75, 3.05) is 33.2 Å². The number of hydrogen-bond acceptors (Lipinski definition) is 3. The molecular weight excluding hydrogens is 255 g/mol. The number of Topliss-reactive ketones (excluding diaryl/α,β-unsaturated/α-hetero) is 1. The summed E-state index contributed by atoms with van der Waals surface area (Å²) in [6, 6.07) is 6.59. The van der Waals surface area contributed by atoms with Crippen LogP contribution in [0.25, 0.3) is 0 Å². The number of carbonyl (C=O) groups excluding carboxylic acids is 1. The Morgan fingerprint density at radius 3 is 2.70 bits per heavy atom. The molecule has 1 fully saturated rings. The minimum absolute atomic E-state index is 0.202. The lowest BCUT2D eigenvalue weighted by Gasteiger charge is -2.27. The van der Waals surface area contributed by atoms with E-state index in [4.69, 9.17) is 0 Å². The van der Waals surface area contributed by atoms with Crippen LogP contribution in [0.3, 0.4) is 0 Å². The minimum atomic E-state index is -0.259. The van der Waals surface area contributed by atoms with E-state index in [2.05, 4.69) is 23.8 Å². The van der Waals surface area contributed by atoms with Gasteiger partial charge >= 0.3 is 0 Å². The highest BCUT2D eigenvalue weighted by atomic mass is 19.1. The maximum atomic E-state index is 12.8. The van der Waals surface area contributed by atoms with Gasteiger partial charge in [0.25, 0.3) is 0 Å². The molecule has 1 heterocycles. The number of ketones is 1. The number of hydrogen-bond donors (Lipinski definition) is 0. The summed E-state index contributed by atoms with van der Waals surface area (Å²) in [6.45, 7) is 5.73. The van der Waals surface area contributed by atoms with Crippen molar-refractivity contribution in [1.29, 1.82) is 0 Å². The fraction of sp³-hybridized carbons (Fsp3) is 0.562. The van der Waals surface area contributed by atoms with Crippen molar-refractivity contribution in [1.82, 2.24) is 9.80 Å². The maximum Gasteiger partial charge on any atom is 0.151 e. The Labute approximate surface area is 120 Å². The van der Waals surface area contributed by atoms with Gasteiger partial charge in [-0.3, -0.25) is 9.69 Å². The van der Waals surface area contributed by atoms with Crippen LogP contribution >= 0.6 is 0 Å². The van der Waals surface area contributed by atoms with Crippen LogP contribution in [-0.4, -0.2) is 54.9 Å². The maximum absolute atomic E-state index is 12.8. The standard InChI is InChI=1S/C16H23FN2O/c1-13-11-18(2)8-3-9-19(13)12-16(20)10-14-4-6-15(17)7-5-14/h4-7,13H,3,8-12H2,1-2H3. The largest absolute Gasteiger partial charge is 0.305 e. The summed E-state index contributed by atoms with van der Waals surface area (Å²) in [6.07, 6.45) is 1.49. The molecule has 0 aromatic heterocycles. The van der Waals surface area contributed by atoms with E-state index in [0.29, 0.717) is 19.0 Å². The lowest BCUT2D eigenvalue weighted by atomic mass is 10.1. The highest BCUT2D eigenvalue weighted by Gasteiger charge is 2.21. The Bertz CT molecular complexity index is 446. The molecular formula is C16H23FN2O. The normalized spacial score (nSPS) is 21.6. The second kappa shape index (κ2) is 6.95. The van der Waals surface area contributed by atoms with Gasteiger partial charge in [0, 0.05) is 25.6 Å². The van der Waals surface area contributed by atoms with E-state index in [0.717, 1.165) is 31.6 Å². The van der Waals surface area contributed by atoms with E-state index in [-0.39, 0.29) is 11.6 Å². The van der Waals surface area contributed by atoms with E-state index in [9.17, 15) is 9.18 Å². The molecule has 0 saturated carbocycles. The van der Waals surface area contributed by atoms with Crippen molar-refractivity contribution in [3.8, 4) is 0 Å². The van der Waals surface area contributed by atoms with Crippen molar-refractivity contribution in [2.45, 2.75) is 25.8 Å². The van der Waals surface area contributed by atoms with Crippen molar-refractivity contribution < 1.29 is 9.18 Å². The Hall–Kier alpha value is -1.26. The van der Waals surface area contributed by atoms with Gasteiger partial charge in [-0.2, -0.15) is 0 Å². The second-order valence-electron chi connectivity index (χ2n) is 5.78. The summed E-state index contributed by atoms with van der Waals surface area (Å²) >= 11 is 0. The lowest BCUT2D eigenvalue weighted by molar-refractivity contribution is -0.120. The van der Waals surface area contributed by atoms with Gasteiger partial charge in [0.15, 0.2) is 5.78 Å². The first-order chi connectivity index (χ1) is 9.54. The van der Waals surface area contributed by atoms with E-state index >= 15 is 0 Å². The van der Waals surface area contributed by atoms with Crippen molar-refractivity contribution >= 4 is 5.78 Å². The van der Waals surface area contributed by atoms with Gasteiger partial charge in [0.2, 0.25) is 0 Å². The molecule has 1 aliphatic heterocycles. The molecule has 1 aliphatic rings. The van der Waals surface area contributed by atoms with Crippen LogP contribution in [0.1, 0.15) is 18.9 Å². The molecule has 0 spiro atoms. The molecule has 1 aromatic rings. The van der Waals surface area contributed by atoms with Crippen LogP contribution in [0.5, 0.6) is 0 Å². The predicted molar refractivity (Wildman–Crippen MR) is 78.3 cm³/mol. The van der Waals surface area contributed by atoms with Crippen LogP contribution in [-0.2, 0) is 11.2 Å². The SMILES string of the molecule is CC1CN(C)CCCN1CC(=O)Cc1ccc(F)cc1. The molecule has 2 rings (SSSR count). The number of carbonyl (C=O) groups is 1. The second-order valence-corrected chi connectivity index (χ2v) is 5.78. The fourth-order valence-electron chi connectivity index (χ4n) is 2.77. The summed E-state index contributed by atoms with van der Waals surface area (Å²) in [7, 11) is 2.13. The van der Waals surface area contributed by atoms with Crippen LogP contribution in [0, 0.1) is 5.82 Å². The molecule has 3 nitrogen and oxygen atoms in total. The monoisotopic (exact) mass is 278 g/mol. The first-order valence-corrected chi connectivity index (χ1v) is 7.23. The summed E-state index contributed by atoms with van der Waals surface area (Å²) in [5.74, 6) is -0.0570. The van der Waals surface area contributed by atoms with Gasteiger partial charge in [0.05, 0.1) is 6.54 Å². The van der Waals surface area contributed by atoms with Crippen molar-refractivity contribution in [3.63, 3.8) is 0 Å². The molecule has 0 N–H and O–H groups in total. The van der Waals surface area contributed by atoms with Crippen molar-refractivity contribution in [3.05, 3.63) is 35.6 Å². The van der Waals surface area contributed by atoms with Gasteiger partial charge in [-0.15, -0.1) is 0 Å². The first-order valence-electron chi connectivity index (χ1n) is 7.23. The van der Waals surface area contributed by atoms with Crippen LogP contribution in [0.15, 0.2) is 24.3 Å². The summed E-state index contributed by atoms with van der Waals surface area (Å²) in [4.78, 5) is 16.7. The average molecular weight is 278 g/mol. The third kappa shape index (κ3) is 4.39. The van der Waals surface area contributed by atoms with E-state index in [1.807, 2.05) is 0 Å². The number of rotatable bonds is 4. The third-order valence-corrected chi connectivity index (χ3v) is 3.88. The molecule has 1 aromatic carbocycles. The molecule has 0 amide bonds. The summed E-state index contributed by atoms with van der Waals surface area (Å²) < 4.78 is 12.8. The van der Waals surface area contributed by atoms with E-state index < -0.39 is 0 Å². The number of halogens is 1. The first kappa shape index (κ1) is 15.1. The third-order valence-electron chi connectivity index (χ3n) is 3.88. The van der Waals surface area contributed by atoms with Crippen molar-refractivity contribution in [2.24, 2.45) is 0 Å². The number of likely N-dealkylation sites (N-methyl/N-ethyl adjacent to an activating group) is 1. The smallest absolute Gasteiger partial charge is 0.151 e. The van der Waals surface area contributed by atoms with Gasteiger partial charge < -0.3 is 4.90 Å². The lowest BCUT2D eigenvalue weighted by Crippen LogP contribution is -2.41. The zero-order valence-electron chi connectivity index (χ0n) is 12.3. The fourth-order valence-corrected chi connectivity index (χ4v) is 2.77. The van der Waals surface area contributed by atoms with Crippen LogP contribution < -0.4 is 0 Å². The Morgan fingerprint density at radius 2 is 2.00 bits per heavy atom. The van der Waals surface area contributed by atoms with Gasteiger partial charge in [-0.1, -0.05) is 12.1 Å². The molecule has 4 heteroatoms. The van der Waals surface area contributed by atoms with Gasteiger partial charge in [-0.25, -0.2) is 4.39 Å². The number of nitrogens with zero attached hydrogens (tertiary/aromatic N) is 2. The van der Waals surface area contributed by atoms with Gasteiger partial charge in [-0.05, 0) is 44.6 Å². The number of benzene rings is 1. The zero-order chi connectivity index (χ0) is 14.5. The van der Waals surface area contributed by atoms with E-state index in [1.54, 1.807) is 12.1 Å². The topological polar surface area (TPSA) is 23.6 Å². The molecule has 110 valence electrons. The highest BCUT2D eigenvalue weighted by molar-refractivity contribution is 5.82. The molecule has 0 radical (unpaired) electrons. The average Bonchev–Trinajstić information content (AvgIpc) is 2.54. The Balaban J connectivity index is 1.88. The Kier molecular flexibility index (Phi) is 5.26. The molecule has 1 unspecified atom stereocenters. The van der Waals surface area contributed by atoms with Gasteiger partial charge in [0.1, 0.15) is 5.82 Å². The van der Waals surface area contributed by atoms with Crippen LogP contribution in [0.2, 0.25) is 0 Å². The Morgan fingerprint density at radius 1 is 1.30 bits per heavy atom. The quantitative estimate of drug-likeness (QED) is 0.841. The minimum Gasteiger partial charge on any atom is -0.305 e. The van der Waals surface area contributed by atoms with Crippen LogP contribution in [0.4, 0.5) is 4.39 Å². The molecule has 1 atom stereocenters. The highest BCUT2D eigenvalue weighted by Crippen LogP contribution is 2.10. The molecule has 1 saturated heterocycles. The molecule has 20 heavy (non-hydrogen) atoms. The zero-order valence-corrected chi connectivity index (χ0v) is 12.3.